The molecular formula is C8H16N2O5S2. The summed E-state index contributed by atoms with van der Waals surface area (Å²) >= 11 is 4.15. The highest BCUT2D eigenvalue weighted by atomic mass is 32.9. The van der Waals surface area contributed by atoms with Gasteiger partial charge >= 0.3 is 0 Å². The summed E-state index contributed by atoms with van der Waals surface area (Å²) < 4.78 is 24.0. The first-order valence-corrected chi connectivity index (χ1v) is 7.20. The molecule has 0 aliphatic heterocycles. The van der Waals surface area contributed by atoms with E-state index in [2.05, 4.69) is 26.0 Å². The van der Waals surface area contributed by atoms with E-state index in [4.69, 9.17) is 4.55 Å². The van der Waals surface area contributed by atoms with Gasteiger partial charge in [-0.05, 0) is 6.42 Å². The standard InChI is InChI=1S/C8H16N2O5S2/c1-6(11)9-4-3-8(10-7(2)12)5-15-17(13,14)16/h8H,3-5H2,1-2H3,(H,9,11)(H,10,12)(H,13,14,16). The number of hydrogen-bond acceptors (Lipinski definition) is 5. The van der Waals surface area contributed by atoms with E-state index in [0.29, 0.717) is 13.0 Å². The largest absolute Gasteiger partial charge is 0.356 e. The number of carbonyl (C=O) groups is 2. The predicted octanol–water partition coefficient (Wildman–Crippen LogP) is -0.832. The van der Waals surface area contributed by atoms with E-state index in [1.165, 1.54) is 13.8 Å². The molecule has 2 atom stereocenters. The molecule has 0 heterocycles. The van der Waals surface area contributed by atoms with Crippen molar-refractivity contribution in [1.29, 1.82) is 0 Å². The van der Waals surface area contributed by atoms with Crippen molar-refractivity contribution >= 4 is 32.1 Å². The molecule has 0 aliphatic rings. The number of nitrogens with one attached hydrogen (secondary N) is 2. The predicted molar refractivity (Wildman–Crippen MR) is 65.0 cm³/mol. The van der Waals surface area contributed by atoms with Crippen molar-refractivity contribution in [3.05, 3.63) is 0 Å². The number of hydrogen-bond donors (Lipinski definition) is 3. The molecule has 17 heavy (non-hydrogen) atoms. The molecule has 0 aromatic rings. The summed E-state index contributed by atoms with van der Waals surface area (Å²) in [5.41, 5.74) is 0. The average Bonchev–Trinajstić information content (AvgIpc) is 2.11. The van der Waals surface area contributed by atoms with Gasteiger partial charge in [-0.3, -0.25) is 18.3 Å². The lowest BCUT2D eigenvalue weighted by Gasteiger charge is -2.17. The third kappa shape index (κ3) is 11.5. The minimum absolute atomic E-state index is 0.183. The summed E-state index contributed by atoms with van der Waals surface area (Å²) in [7, 11) is -3.70. The molecule has 0 rings (SSSR count). The van der Waals surface area contributed by atoms with Crippen LogP contribution in [0, 0.1) is 0 Å². The Morgan fingerprint density at radius 1 is 1.41 bits per heavy atom. The van der Waals surface area contributed by atoms with Crippen molar-refractivity contribution in [3.8, 4) is 0 Å². The van der Waals surface area contributed by atoms with Crippen LogP contribution < -0.4 is 10.6 Å². The van der Waals surface area contributed by atoms with Crippen LogP contribution in [0.25, 0.3) is 0 Å². The lowest BCUT2D eigenvalue weighted by atomic mass is 10.2. The second kappa shape index (κ2) is 7.54. The molecule has 100 valence electrons. The molecule has 0 saturated heterocycles. The lowest BCUT2D eigenvalue weighted by Crippen LogP contribution is -2.40. The molecule has 2 unspecified atom stereocenters. The minimum atomic E-state index is -3.70. The first-order valence-electron chi connectivity index (χ1n) is 4.84. The van der Waals surface area contributed by atoms with E-state index >= 15 is 0 Å². The first kappa shape index (κ1) is 16.2. The van der Waals surface area contributed by atoms with E-state index in [-0.39, 0.29) is 18.4 Å². The van der Waals surface area contributed by atoms with Crippen LogP contribution in [0.2, 0.25) is 0 Å². The molecule has 7 nitrogen and oxygen atoms in total. The van der Waals surface area contributed by atoms with Crippen LogP contribution in [0.15, 0.2) is 0 Å². The quantitative estimate of drug-likeness (QED) is 0.563. The second-order valence-corrected chi connectivity index (χ2v) is 5.74. The van der Waals surface area contributed by atoms with Crippen molar-refractivity contribution in [2.45, 2.75) is 26.3 Å². The summed E-state index contributed by atoms with van der Waals surface area (Å²) in [5.74, 6) is -0.489. The normalized spacial score (nSPS) is 15.7. The Bertz CT molecular complexity index is 368. The minimum Gasteiger partial charge on any atom is -0.356 e. The third-order valence-electron chi connectivity index (χ3n) is 1.69. The zero-order valence-electron chi connectivity index (χ0n) is 9.60. The zero-order valence-corrected chi connectivity index (χ0v) is 11.2. The molecule has 0 saturated carbocycles. The molecule has 9 heteroatoms. The Kier molecular flexibility index (Phi) is 7.19. The fourth-order valence-electron chi connectivity index (χ4n) is 1.08. The fraction of sp³-hybridized carbons (Fsp3) is 0.750. The maximum atomic E-state index is 10.9. The smallest absolute Gasteiger partial charge is 0.266 e. The van der Waals surface area contributed by atoms with Gasteiger partial charge < -0.3 is 10.6 Å². The highest BCUT2D eigenvalue weighted by Crippen LogP contribution is 1.96. The monoisotopic (exact) mass is 284 g/mol. The second-order valence-electron chi connectivity index (χ2n) is 3.38. The van der Waals surface area contributed by atoms with E-state index in [1.807, 2.05) is 0 Å². The maximum absolute atomic E-state index is 10.9. The Hall–Kier alpha value is -0.770. The SMILES string of the molecule is CC(=O)NCCC(COS(=O)(O)=S)NC(C)=O. The Morgan fingerprint density at radius 2 is 2.00 bits per heavy atom. The summed E-state index contributed by atoms with van der Waals surface area (Å²) in [6.07, 6.45) is 0.379. The third-order valence-corrected chi connectivity index (χ3v) is 2.41. The molecule has 0 radical (unpaired) electrons. The highest BCUT2D eigenvalue weighted by molar-refractivity contribution is 8.27. The van der Waals surface area contributed by atoms with Crippen LogP contribution in [-0.4, -0.2) is 39.8 Å². The molecule has 0 spiro atoms. The molecule has 0 aromatic carbocycles. The van der Waals surface area contributed by atoms with Crippen LogP contribution in [0.3, 0.4) is 0 Å². The van der Waals surface area contributed by atoms with E-state index in [9.17, 15) is 13.8 Å². The van der Waals surface area contributed by atoms with Crippen LogP contribution in [0.5, 0.6) is 0 Å². The van der Waals surface area contributed by atoms with Gasteiger partial charge in [0.2, 0.25) is 11.8 Å². The summed E-state index contributed by atoms with van der Waals surface area (Å²) in [4.78, 5) is 21.5. The van der Waals surface area contributed by atoms with Crippen LogP contribution in [-0.2, 0) is 34.0 Å². The van der Waals surface area contributed by atoms with Gasteiger partial charge in [-0.15, -0.1) is 0 Å². The molecule has 3 N–H and O–H groups in total. The molecular weight excluding hydrogens is 268 g/mol. The van der Waals surface area contributed by atoms with Crippen LogP contribution in [0.4, 0.5) is 0 Å². The van der Waals surface area contributed by atoms with Crippen molar-refractivity contribution in [1.82, 2.24) is 10.6 Å². The topological polar surface area (TPSA) is 105 Å². The summed E-state index contributed by atoms with van der Waals surface area (Å²) in [5, 5.41) is 5.07. The molecule has 0 fully saturated rings. The first-order chi connectivity index (χ1) is 7.70. The van der Waals surface area contributed by atoms with Gasteiger partial charge in [0.1, 0.15) is 0 Å². The van der Waals surface area contributed by atoms with Gasteiger partial charge in [-0.25, -0.2) is 0 Å². The van der Waals surface area contributed by atoms with Crippen molar-refractivity contribution < 1.29 is 22.5 Å². The number of rotatable bonds is 7. The highest BCUT2D eigenvalue weighted by Gasteiger charge is 2.13. The van der Waals surface area contributed by atoms with Gasteiger partial charge in [0.15, 0.2) is 0 Å². The zero-order chi connectivity index (χ0) is 13.5. The molecule has 0 aromatic heterocycles. The summed E-state index contributed by atoms with van der Waals surface area (Å²) in [6.45, 7) is 2.83. The fourth-order valence-corrected chi connectivity index (χ4v) is 1.58. The van der Waals surface area contributed by atoms with Gasteiger partial charge in [0.05, 0.1) is 12.6 Å². The van der Waals surface area contributed by atoms with E-state index < -0.39 is 15.1 Å². The molecule has 2 amide bonds. The molecule has 0 bridgehead atoms. The maximum Gasteiger partial charge on any atom is 0.266 e. The Balaban J connectivity index is 4.14. The van der Waals surface area contributed by atoms with Crippen LogP contribution >= 0.6 is 0 Å². The summed E-state index contributed by atoms with van der Waals surface area (Å²) in [6, 6.07) is -0.477. The van der Waals surface area contributed by atoms with Crippen molar-refractivity contribution in [2.75, 3.05) is 13.2 Å². The van der Waals surface area contributed by atoms with Crippen molar-refractivity contribution in [2.24, 2.45) is 0 Å². The average molecular weight is 284 g/mol. The number of carbonyl (C=O) groups excluding carboxylic acids is 2. The van der Waals surface area contributed by atoms with E-state index in [0.717, 1.165) is 0 Å². The van der Waals surface area contributed by atoms with Gasteiger partial charge in [-0.2, -0.15) is 4.21 Å². The Labute approximate surface area is 105 Å². The lowest BCUT2D eigenvalue weighted by molar-refractivity contribution is -0.119. The number of amides is 2. The van der Waals surface area contributed by atoms with Gasteiger partial charge in [-0.1, -0.05) is 0 Å². The van der Waals surface area contributed by atoms with Gasteiger partial charge in [0, 0.05) is 31.6 Å². The Morgan fingerprint density at radius 3 is 2.41 bits per heavy atom. The van der Waals surface area contributed by atoms with Crippen molar-refractivity contribution in [3.63, 3.8) is 0 Å². The van der Waals surface area contributed by atoms with Crippen LogP contribution in [0.1, 0.15) is 20.3 Å². The van der Waals surface area contributed by atoms with Gasteiger partial charge in [0.25, 0.3) is 9.05 Å². The van der Waals surface area contributed by atoms with E-state index in [1.54, 1.807) is 0 Å². The molecule has 0 aliphatic carbocycles.